The number of aryl methyl sites for hydroxylation is 1. The molecule has 0 spiro atoms. The molecule has 2 unspecified atom stereocenters. The Balaban J connectivity index is 0.00000144. The first-order valence-corrected chi connectivity index (χ1v) is 7.91. The number of phenolic OH excluding ortho intramolecular Hbond substituents is 1. The molecule has 0 bridgehead atoms. The molecular formula is C19H22INO. The van der Waals surface area contributed by atoms with Gasteiger partial charge in [-0.25, -0.2) is 0 Å². The molecule has 0 amide bonds. The lowest BCUT2D eigenvalue weighted by molar-refractivity contribution is -0.935. The van der Waals surface area contributed by atoms with E-state index in [0.717, 1.165) is 10.9 Å². The number of quaternary nitrogens is 1. The third-order valence-electron chi connectivity index (χ3n) is 5.40. The quantitative estimate of drug-likeness (QED) is 0.497. The monoisotopic (exact) mass is 407 g/mol. The molecule has 4 rings (SSSR count). The summed E-state index contributed by atoms with van der Waals surface area (Å²) >= 11 is 0. The van der Waals surface area contributed by atoms with Crippen molar-refractivity contribution in [2.75, 3.05) is 20.1 Å². The van der Waals surface area contributed by atoms with E-state index < -0.39 is 0 Å². The van der Waals surface area contributed by atoms with Gasteiger partial charge in [-0.3, -0.25) is 0 Å². The predicted octanol–water partition coefficient (Wildman–Crippen LogP) is 0.434. The standard InChI is InChI=1S/C19H21NO.HI/c1-20-11-4-6-15-13-16(21)8-9-18(15)19(20)17-7-3-2-5-14(17)10-12-20;/h2-3,5,7-9,13,19H,4,6,10-12H2,1H3;1H. The van der Waals surface area contributed by atoms with Gasteiger partial charge in [-0.2, -0.15) is 0 Å². The van der Waals surface area contributed by atoms with Crippen LogP contribution in [0.1, 0.15) is 34.7 Å². The topological polar surface area (TPSA) is 20.2 Å². The van der Waals surface area contributed by atoms with Crippen molar-refractivity contribution in [3.63, 3.8) is 0 Å². The number of benzene rings is 2. The zero-order chi connectivity index (χ0) is 14.4. The number of halogens is 1. The van der Waals surface area contributed by atoms with Crippen LogP contribution in [0.25, 0.3) is 0 Å². The Bertz CT molecular complexity index is 700. The van der Waals surface area contributed by atoms with Crippen LogP contribution < -0.4 is 24.0 Å². The molecule has 2 aliphatic rings. The van der Waals surface area contributed by atoms with Crippen LogP contribution in [0, 0.1) is 0 Å². The van der Waals surface area contributed by atoms with E-state index in [4.69, 9.17) is 0 Å². The van der Waals surface area contributed by atoms with Gasteiger partial charge in [0.2, 0.25) is 0 Å². The fourth-order valence-corrected chi connectivity index (χ4v) is 4.32. The van der Waals surface area contributed by atoms with Crippen molar-refractivity contribution >= 4 is 0 Å². The molecular weight excluding hydrogens is 385 g/mol. The number of hydrogen-bond donors (Lipinski definition) is 1. The Morgan fingerprint density at radius 1 is 0.955 bits per heavy atom. The molecule has 0 saturated carbocycles. The summed E-state index contributed by atoms with van der Waals surface area (Å²) in [6.07, 6.45) is 3.46. The maximum Gasteiger partial charge on any atom is 0.141 e. The number of likely N-dealkylation sites (N-methyl/N-ethyl adjacent to an activating group) is 1. The van der Waals surface area contributed by atoms with Gasteiger partial charge in [0.15, 0.2) is 0 Å². The second kappa shape index (κ2) is 5.85. The lowest BCUT2D eigenvalue weighted by Crippen LogP contribution is -3.00. The molecule has 2 atom stereocenters. The third kappa shape index (κ3) is 2.44. The van der Waals surface area contributed by atoms with Gasteiger partial charge in [0.25, 0.3) is 0 Å². The summed E-state index contributed by atoms with van der Waals surface area (Å²) < 4.78 is 1.11. The van der Waals surface area contributed by atoms with Crippen LogP contribution in [0.2, 0.25) is 0 Å². The molecule has 2 aliphatic heterocycles. The van der Waals surface area contributed by atoms with E-state index in [1.807, 2.05) is 12.1 Å². The van der Waals surface area contributed by atoms with E-state index in [1.54, 1.807) is 0 Å². The van der Waals surface area contributed by atoms with E-state index in [-0.39, 0.29) is 24.0 Å². The van der Waals surface area contributed by atoms with Crippen molar-refractivity contribution in [3.05, 3.63) is 64.7 Å². The van der Waals surface area contributed by atoms with Crippen LogP contribution in [0.3, 0.4) is 0 Å². The molecule has 2 nitrogen and oxygen atoms in total. The van der Waals surface area contributed by atoms with Gasteiger partial charge >= 0.3 is 0 Å². The fourth-order valence-electron chi connectivity index (χ4n) is 4.32. The summed E-state index contributed by atoms with van der Waals surface area (Å²) in [5.74, 6) is 0.397. The Hall–Kier alpha value is -1.07. The maximum absolute atomic E-state index is 9.83. The van der Waals surface area contributed by atoms with Crippen LogP contribution in [-0.2, 0) is 12.8 Å². The normalized spacial score (nSPS) is 26.0. The Kier molecular flexibility index (Phi) is 4.21. The Morgan fingerprint density at radius 2 is 1.73 bits per heavy atom. The zero-order valence-electron chi connectivity index (χ0n) is 12.9. The second-order valence-corrected chi connectivity index (χ2v) is 6.76. The third-order valence-corrected chi connectivity index (χ3v) is 5.40. The number of fused-ring (bicyclic) bond motifs is 5. The largest absolute Gasteiger partial charge is 1.00 e. The van der Waals surface area contributed by atoms with Crippen molar-refractivity contribution in [1.82, 2.24) is 0 Å². The average molecular weight is 407 g/mol. The zero-order valence-corrected chi connectivity index (χ0v) is 15.1. The molecule has 0 aromatic heterocycles. The number of phenols is 1. The molecule has 22 heavy (non-hydrogen) atoms. The molecule has 116 valence electrons. The van der Waals surface area contributed by atoms with E-state index in [9.17, 15) is 5.11 Å². The first-order valence-electron chi connectivity index (χ1n) is 7.91. The molecule has 0 radical (unpaired) electrons. The van der Waals surface area contributed by atoms with Gasteiger partial charge in [-0.1, -0.05) is 24.3 Å². The maximum atomic E-state index is 9.83. The number of hydrogen-bond acceptors (Lipinski definition) is 1. The molecule has 2 heterocycles. The van der Waals surface area contributed by atoms with Crippen LogP contribution in [-0.4, -0.2) is 29.7 Å². The number of rotatable bonds is 0. The molecule has 2 aromatic rings. The van der Waals surface area contributed by atoms with Gasteiger partial charge in [0.1, 0.15) is 11.8 Å². The summed E-state index contributed by atoms with van der Waals surface area (Å²) in [5, 5.41) is 9.83. The van der Waals surface area contributed by atoms with Crippen molar-refractivity contribution in [3.8, 4) is 5.75 Å². The lowest BCUT2D eigenvalue weighted by Gasteiger charge is -2.45. The number of aromatic hydroxyl groups is 1. The minimum Gasteiger partial charge on any atom is -1.00 e. The summed E-state index contributed by atoms with van der Waals surface area (Å²) in [5.41, 5.74) is 5.73. The Labute approximate surface area is 149 Å². The molecule has 1 N–H and O–H groups in total. The highest BCUT2D eigenvalue weighted by atomic mass is 127. The van der Waals surface area contributed by atoms with Gasteiger partial charge in [0, 0.05) is 24.0 Å². The van der Waals surface area contributed by atoms with Crippen molar-refractivity contribution in [2.24, 2.45) is 0 Å². The van der Waals surface area contributed by atoms with Crippen LogP contribution in [0.4, 0.5) is 0 Å². The van der Waals surface area contributed by atoms with E-state index in [1.165, 1.54) is 48.2 Å². The highest BCUT2D eigenvalue weighted by molar-refractivity contribution is 5.44. The van der Waals surface area contributed by atoms with Gasteiger partial charge in [-0.05, 0) is 35.7 Å². The Morgan fingerprint density at radius 3 is 2.59 bits per heavy atom. The van der Waals surface area contributed by atoms with E-state index >= 15 is 0 Å². The van der Waals surface area contributed by atoms with E-state index in [2.05, 4.69) is 37.4 Å². The van der Waals surface area contributed by atoms with E-state index in [0.29, 0.717) is 11.8 Å². The number of nitrogens with zero attached hydrogens (tertiary/aromatic N) is 1. The van der Waals surface area contributed by atoms with Gasteiger partial charge in [0.05, 0.1) is 20.1 Å². The minimum atomic E-state index is 0. The summed E-state index contributed by atoms with van der Waals surface area (Å²) in [6.45, 7) is 2.43. The average Bonchev–Trinajstić information content (AvgIpc) is 2.63. The molecule has 0 saturated heterocycles. The highest BCUT2D eigenvalue weighted by Crippen LogP contribution is 2.43. The molecule has 2 aromatic carbocycles. The SMILES string of the molecule is C[N+]12CCCc3cc(O)ccc3C1c1ccccc1CC2.[I-]. The second-order valence-electron chi connectivity index (χ2n) is 6.76. The molecule has 3 heteroatoms. The van der Waals surface area contributed by atoms with Crippen molar-refractivity contribution < 1.29 is 33.6 Å². The predicted molar refractivity (Wildman–Crippen MR) is 84.3 cm³/mol. The van der Waals surface area contributed by atoms with Crippen molar-refractivity contribution in [1.29, 1.82) is 0 Å². The lowest BCUT2D eigenvalue weighted by atomic mass is 9.85. The van der Waals surface area contributed by atoms with Crippen LogP contribution >= 0.6 is 0 Å². The van der Waals surface area contributed by atoms with Crippen LogP contribution in [0.5, 0.6) is 5.75 Å². The minimum absolute atomic E-state index is 0. The van der Waals surface area contributed by atoms with Gasteiger partial charge < -0.3 is 33.6 Å². The first-order chi connectivity index (χ1) is 10.2. The molecule has 0 fully saturated rings. The summed E-state index contributed by atoms with van der Waals surface area (Å²) in [4.78, 5) is 0. The first kappa shape index (κ1) is 15.8. The summed E-state index contributed by atoms with van der Waals surface area (Å²) in [7, 11) is 2.41. The van der Waals surface area contributed by atoms with Crippen molar-refractivity contribution in [2.45, 2.75) is 25.3 Å². The highest BCUT2D eigenvalue weighted by Gasteiger charge is 2.42. The van der Waals surface area contributed by atoms with Crippen LogP contribution in [0.15, 0.2) is 42.5 Å². The van der Waals surface area contributed by atoms with Gasteiger partial charge in [-0.15, -0.1) is 0 Å². The summed E-state index contributed by atoms with van der Waals surface area (Å²) in [6, 6.07) is 15.3. The smallest absolute Gasteiger partial charge is 0.141 e. The fraction of sp³-hybridized carbons (Fsp3) is 0.368. The molecule has 0 aliphatic carbocycles.